The average molecular weight is 410 g/mol. The van der Waals surface area contributed by atoms with Crippen molar-refractivity contribution in [2.45, 2.75) is 12.5 Å². The predicted octanol–water partition coefficient (Wildman–Crippen LogP) is 3.66. The third-order valence-electron chi connectivity index (χ3n) is 3.56. The molecule has 1 N–H and O–H groups in total. The van der Waals surface area contributed by atoms with Crippen molar-refractivity contribution < 1.29 is 19.4 Å². The molecule has 1 aromatic rings. The standard InChI is InChI=1S/C18H19NO4S3/c1-3-9-23-13-6-4-12(5-7-13)11-15-16(20)19(18(24)26-15)14(17(21)22)8-10-25-2/h3-7,11,14H,1,8-10H2,2H3,(H,21,22)/b15-11-/t14-/m0/s1. The molecule has 1 aliphatic rings. The van der Waals surface area contributed by atoms with Gasteiger partial charge in [-0.3, -0.25) is 9.69 Å². The number of ether oxygens (including phenoxy) is 1. The number of aliphatic carboxylic acids is 1. The Bertz CT molecular complexity index is 730. The Labute approximate surface area is 166 Å². The molecule has 8 heteroatoms. The number of hydrogen-bond acceptors (Lipinski definition) is 6. The van der Waals surface area contributed by atoms with Crippen LogP contribution in [0.25, 0.3) is 6.08 Å². The number of nitrogens with zero attached hydrogens (tertiary/aromatic N) is 1. The second-order valence-electron chi connectivity index (χ2n) is 5.36. The average Bonchev–Trinajstić information content (AvgIpc) is 2.89. The van der Waals surface area contributed by atoms with Crippen molar-refractivity contribution in [1.29, 1.82) is 0 Å². The fourth-order valence-corrected chi connectivity index (χ4v) is 4.12. The summed E-state index contributed by atoms with van der Waals surface area (Å²) in [6.45, 7) is 4.02. The molecule has 0 spiro atoms. The van der Waals surface area contributed by atoms with Crippen LogP contribution in [0.1, 0.15) is 12.0 Å². The van der Waals surface area contributed by atoms with Gasteiger partial charge in [0.15, 0.2) is 0 Å². The zero-order chi connectivity index (χ0) is 19.1. The molecule has 26 heavy (non-hydrogen) atoms. The number of carboxylic acids is 1. The maximum Gasteiger partial charge on any atom is 0.326 e. The zero-order valence-corrected chi connectivity index (χ0v) is 16.7. The van der Waals surface area contributed by atoms with Crippen LogP contribution in [0.4, 0.5) is 0 Å². The van der Waals surface area contributed by atoms with E-state index in [2.05, 4.69) is 6.58 Å². The number of carbonyl (C=O) groups is 2. The van der Waals surface area contributed by atoms with E-state index in [1.807, 2.05) is 18.4 Å². The molecule has 1 aliphatic heterocycles. The molecule has 1 heterocycles. The molecule has 1 atom stereocenters. The SMILES string of the molecule is C=CCOc1ccc(/C=C2\SC(=S)N([C@@H](CCSC)C(=O)O)C2=O)cc1. The maximum atomic E-state index is 12.7. The lowest BCUT2D eigenvalue weighted by Crippen LogP contribution is -2.44. The Morgan fingerprint density at radius 2 is 2.15 bits per heavy atom. The van der Waals surface area contributed by atoms with Gasteiger partial charge in [0, 0.05) is 0 Å². The van der Waals surface area contributed by atoms with E-state index in [-0.39, 0.29) is 10.2 Å². The minimum absolute atomic E-state index is 0.278. The van der Waals surface area contributed by atoms with E-state index in [9.17, 15) is 14.7 Å². The highest BCUT2D eigenvalue weighted by Crippen LogP contribution is 2.35. The third-order valence-corrected chi connectivity index (χ3v) is 5.54. The molecule has 5 nitrogen and oxygen atoms in total. The summed E-state index contributed by atoms with van der Waals surface area (Å²) in [6.07, 6.45) is 5.62. The summed E-state index contributed by atoms with van der Waals surface area (Å²) in [4.78, 5) is 25.9. The monoisotopic (exact) mass is 409 g/mol. The van der Waals surface area contributed by atoms with E-state index in [4.69, 9.17) is 17.0 Å². The van der Waals surface area contributed by atoms with Gasteiger partial charge >= 0.3 is 5.97 Å². The van der Waals surface area contributed by atoms with Crippen LogP contribution in [0, 0.1) is 0 Å². The Morgan fingerprint density at radius 3 is 2.73 bits per heavy atom. The minimum Gasteiger partial charge on any atom is -0.490 e. The van der Waals surface area contributed by atoms with Crippen LogP contribution in [-0.4, -0.2) is 50.9 Å². The van der Waals surface area contributed by atoms with Gasteiger partial charge in [-0.05, 0) is 42.2 Å². The van der Waals surface area contributed by atoms with Crippen molar-refractivity contribution in [3.8, 4) is 5.75 Å². The smallest absolute Gasteiger partial charge is 0.326 e. The Hall–Kier alpha value is -1.77. The summed E-state index contributed by atoms with van der Waals surface area (Å²) in [5.74, 6) is -0.0578. The summed E-state index contributed by atoms with van der Waals surface area (Å²) < 4.78 is 5.70. The molecule has 0 unspecified atom stereocenters. The number of carbonyl (C=O) groups excluding carboxylic acids is 1. The number of hydrogen-bond donors (Lipinski definition) is 1. The molecular formula is C18H19NO4S3. The van der Waals surface area contributed by atoms with Crippen molar-refractivity contribution >= 4 is 58.0 Å². The Balaban J connectivity index is 2.17. The largest absolute Gasteiger partial charge is 0.490 e. The maximum absolute atomic E-state index is 12.7. The molecule has 0 saturated carbocycles. The molecular weight excluding hydrogens is 390 g/mol. The van der Waals surface area contributed by atoms with Gasteiger partial charge in [-0.2, -0.15) is 11.8 Å². The van der Waals surface area contributed by atoms with Crippen molar-refractivity contribution in [3.05, 3.63) is 47.4 Å². The van der Waals surface area contributed by atoms with Gasteiger partial charge in [0.05, 0.1) is 4.91 Å². The van der Waals surface area contributed by atoms with E-state index < -0.39 is 12.0 Å². The lowest BCUT2D eigenvalue weighted by Gasteiger charge is -2.22. The highest BCUT2D eigenvalue weighted by atomic mass is 32.2. The second kappa shape index (κ2) is 9.80. The van der Waals surface area contributed by atoms with Gasteiger partial charge in [0.25, 0.3) is 5.91 Å². The number of thioether (sulfide) groups is 2. The van der Waals surface area contributed by atoms with E-state index in [1.54, 1.807) is 24.3 Å². The molecule has 2 rings (SSSR count). The third kappa shape index (κ3) is 5.12. The Kier molecular flexibility index (Phi) is 7.74. The van der Waals surface area contributed by atoms with Gasteiger partial charge in [-0.15, -0.1) is 0 Å². The van der Waals surface area contributed by atoms with E-state index in [0.717, 1.165) is 17.3 Å². The van der Waals surface area contributed by atoms with Gasteiger partial charge in [0.2, 0.25) is 0 Å². The molecule has 1 saturated heterocycles. The summed E-state index contributed by atoms with van der Waals surface area (Å²) in [7, 11) is 0. The van der Waals surface area contributed by atoms with Gasteiger partial charge in [-0.1, -0.05) is 48.8 Å². The number of rotatable bonds is 9. The first-order valence-electron chi connectivity index (χ1n) is 7.80. The lowest BCUT2D eigenvalue weighted by atomic mass is 10.1. The van der Waals surface area contributed by atoms with Crippen molar-refractivity contribution in [3.63, 3.8) is 0 Å². The Morgan fingerprint density at radius 1 is 1.46 bits per heavy atom. The molecule has 1 amide bonds. The molecule has 0 aromatic heterocycles. The summed E-state index contributed by atoms with van der Waals surface area (Å²) >= 11 is 7.92. The summed E-state index contributed by atoms with van der Waals surface area (Å²) in [5, 5.41) is 9.46. The first-order valence-corrected chi connectivity index (χ1v) is 10.4. The number of carboxylic acid groups (broad SMARTS) is 1. The van der Waals surface area contributed by atoms with E-state index in [0.29, 0.717) is 29.4 Å². The highest BCUT2D eigenvalue weighted by molar-refractivity contribution is 8.26. The topological polar surface area (TPSA) is 66.8 Å². The van der Waals surface area contributed by atoms with Crippen LogP contribution in [0.5, 0.6) is 5.75 Å². The zero-order valence-electron chi connectivity index (χ0n) is 14.2. The first kappa shape index (κ1) is 20.5. The fraction of sp³-hybridized carbons (Fsp3) is 0.278. The van der Waals surface area contributed by atoms with Crippen LogP contribution in [0.3, 0.4) is 0 Å². The van der Waals surface area contributed by atoms with E-state index >= 15 is 0 Å². The normalized spacial score (nSPS) is 16.8. The summed E-state index contributed by atoms with van der Waals surface area (Å²) in [6, 6.07) is 6.32. The molecule has 0 radical (unpaired) electrons. The molecule has 0 bridgehead atoms. The fourth-order valence-electron chi connectivity index (χ4n) is 2.31. The van der Waals surface area contributed by atoms with Crippen molar-refractivity contribution in [2.24, 2.45) is 0 Å². The molecule has 1 fully saturated rings. The van der Waals surface area contributed by atoms with Crippen LogP contribution >= 0.6 is 35.7 Å². The van der Waals surface area contributed by atoms with Crippen LogP contribution in [-0.2, 0) is 9.59 Å². The van der Waals surface area contributed by atoms with Gasteiger partial charge < -0.3 is 9.84 Å². The molecule has 1 aromatic carbocycles. The van der Waals surface area contributed by atoms with Crippen LogP contribution < -0.4 is 4.74 Å². The van der Waals surface area contributed by atoms with Crippen LogP contribution in [0.15, 0.2) is 41.8 Å². The predicted molar refractivity (Wildman–Crippen MR) is 112 cm³/mol. The van der Waals surface area contributed by atoms with Gasteiger partial charge in [-0.25, -0.2) is 4.79 Å². The van der Waals surface area contributed by atoms with Gasteiger partial charge in [0.1, 0.15) is 22.7 Å². The van der Waals surface area contributed by atoms with E-state index in [1.165, 1.54) is 16.7 Å². The quantitative estimate of drug-likeness (QED) is 0.379. The number of benzene rings is 1. The minimum atomic E-state index is -1.04. The van der Waals surface area contributed by atoms with Crippen molar-refractivity contribution in [1.82, 2.24) is 4.90 Å². The molecule has 138 valence electrons. The molecule has 0 aliphatic carbocycles. The number of amides is 1. The second-order valence-corrected chi connectivity index (χ2v) is 8.02. The van der Waals surface area contributed by atoms with Crippen molar-refractivity contribution in [2.75, 3.05) is 18.6 Å². The lowest BCUT2D eigenvalue weighted by molar-refractivity contribution is -0.145. The van der Waals surface area contributed by atoms with Crippen LogP contribution in [0.2, 0.25) is 0 Å². The first-order chi connectivity index (χ1) is 12.5. The number of thiocarbonyl (C=S) groups is 1. The summed E-state index contributed by atoms with van der Waals surface area (Å²) in [5.41, 5.74) is 0.812. The highest BCUT2D eigenvalue weighted by Gasteiger charge is 2.40.